The molecule has 2 atom stereocenters. The third-order valence-corrected chi connectivity index (χ3v) is 8.47. The summed E-state index contributed by atoms with van der Waals surface area (Å²) in [6, 6.07) is 5.82. The highest BCUT2D eigenvalue weighted by molar-refractivity contribution is 7.90. The first-order chi connectivity index (χ1) is 12.2. The van der Waals surface area contributed by atoms with E-state index in [1.54, 1.807) is 0 Å². The van der Waals surface area contributed by atoms with Crippen LogP contribution in [-0.4, -0.2) is 76.8 Å². The van der Waals surface area contributed by atoms with E-state index in [9.17, 15) is 16.8 Å². The van der Waals surface area contributed by atoms with Gasteiger partial charge in [-0.2, -0.15) is 8.61 Å². The summed E-state index contributed by atoms with van der Waals surface area (Å²) in [6.45, 7) is 6.50. The van der Waals surface area contributed by atoms with Crippen molar-refractivity contribution in [3.8, 4) is 0 Å². The van der Waals surface area contributed by atoms with E-state index in [1.807, 2.05) is 13.8 Å². The first-order valence-corrected chi connectivity index (χ1v) is 11.7. The number of nitrogens with zero attached hydrogens (tertiary/aromatic N) is 2. The average molecular weight is 403 g/mol. The van der Waals surface area contributed by atoms with E-state index in [0.29, 0.717) is 39.3 Å². The molecule has 1 aromatic rings. The molecule has 146 valence electrons. The van der Waals surface area contributed by atoms with Crippen LogP contribution in [0.5, 0.6) is 0 Å². The van der Waals surface area contributed by atoms with Gasteiger partial charge in [-0.3, -0.25) is 0 Å². The summed E-state index contributed by atoms with van der Waals surface area (Å²) in [6.07, 6.45) is 0. The minimum atomic E-state index is -3.72. The Morgan fingerprint density at radius 1 is 0.846 bits per heavy atom. The van der Waals surface area contributed by atoms with Crippen molar-refractivity contribution in [3.05, 3.63) is 24.3 Å². The molecule has 10 heteroatoms. The fourth-order valence-corrected chi connectivity index (χ4v) is 6.55. The van der Waals surface area contributed by atoms with Crippen LogP contribution in [-0.2, 0) is 20.0 Å². The smallest absolute Gasteiger partial charge is 0.243 e. The second-order valence-corrected chi connectivity index (χ2v) is 10.8. The number of sulfonamides is 2. The van der Waals surface area contributed by atoms with Crippen LogP contribution >= 0.6 is 0 Å². The summed E-state index contributed by atoms with van der Waals surface area (Å²) < 4.78 is 54.5. The van der Waals surface area contributed by atoms with Gasteiger partial charge in [0.2, 0.25) is 20.0 Å². The highest BCUT2D eigenvalue weighted by atomic mass is 32.2. The van der Waals surface area contributed by atoms with Crippen molar-refractivity contribution in [2.75, 3.05) is 39.3 Å². The molecular formula is C16H26N4O4S2. The zero-order valence-electron chi connectivity index (χ0n) is 15.1. The van der Waals surface area contributed by atoms with Gasteiger partial charge in [-0.25, -0.2) is 16.8 Å². The van der Waals surface area contributed by atoms with E-state index in [2.05, 4.69) is 10.6 Å². The molecule has 8 nitrogen and oxygen atoms in total. The number of rotatable bonds is 4. The fraction of sp³-hybridized carbons (Fsp3) is 0.625. The zero-order chi connectivity index (χ0) is 18.9. The van der Waals surface area contributed by atoms with Crippen molar-refractivity contribution in [1.29, 1.82) is 0 Å². The Morgan fingerprint density at radius 2 is 1.27 bits per heavy atom. The summed E-state index contributed by atoms with van der Waals surface area (Å²) in [7, 11) is -7.44. The Balaban J connectivity index is 1.90. The van der Waals surface area contributed by atoms with Crippen molar-refractivity contribution in [1.82, 2.24) is 19.2 Å². The molecule has 0 unspecified atom stereocenters. The van der Waals surface area contributed by atoms with Crippen molar-refractivity contribution in [3.63, 3.8) is 0 Å². The highest BCUT2D eigenvalue weighted by Gasteiger charge is 2.32. The fourth-order valence-electron chi connectivity index (χ4n) is 3.32. The maximum Gasteiger partial charge on any atom is 0.243 e. The van der Waals surface area contributed by atoms with Gasteiger partial charge in [0.05, 0.1) is 9.79 Å². The van der Waals surface area contributed by atoms with Crippen molar-refractivity contribution < 1.29 is 16.8 Å². The van der Waals surface area contributed by atoms with Gasteiger partial charge in [-0.1, -0.05) is 6.07 Å². The molecule has 2 aliphatic heterocycles. The number of hydrogen-bond donors (Lipinski definition) is 2. The number of piperazine rings is 2. The molecular weight excluding hydrogens is 376 g/mol. The van der Waals surface area contributed by atoms with E-state index in [-0.39, 0.29) is 21.9 Å². The zero-order valence-corrected chi connectivity index (χ0v) is 16.7. The second-order valence-electron chi connectivity index (χ2n) is 6.91. The Labute approximate surface area is 155 Å². The molecule has 2 saturated heterocycles. The Hall–Kier alpha value is -1.04. The van der Waals surface area contributed by atoms with E-state index in [4.69, 9.17) is 0 Å². The quantitative estimate of drug-likeness (QED) is 0.714. The molecule has 26 heavy (non-hydrogen) atoms. The largest absolute Gasteiger partial charge is 0.312 e. The summed E-state index contributed by atoms with van der Waals surface area (Å²) in [4.78, 5) is 0.0479. The van der Waals surface area contributed by atoms with Crippen LogP contribution in [0.3, 0.4) is 0 Å². The van der Waals surface area contributed by atoms with Crippen molar-refractivity contribution in [2.24, 2.45) is 0 Å². The molecule has 0 spiro atoms. The molecule has 3 rings (SSSR count). The first kappa shape index (κ1) is 19.7. The molecule has 0 saturated carbocycles. The first-order valence-electron chi connectivity index (χ1n) is 8.78. The van der Waals surface area contributed by atoms with Crippen LogP contribution in [0, 0.1) is 0 Å². The lowest BCUT2D eigenvalue weighted by Crippen LogP contribution is -2.51. The molecule has 2 fully saturated rings. The minimum absolute atomic E-state index is 0.0239. The molecule has 2 heterocycles. The van der Waals surface area contributed by atoms with Crippen LogP contribution in [0.4, 0.5) is 0 Å². The lowest BCUT2D eigenvalue weighted by atomic mass is 10.3. The third-order valence-electron chi connectivity index (χ3n) is 4.74. The van der Waals surface area contributed by atoms with Gasteiger partial charge in [-0.05, 0) is 32.0 Å². The standard InChI is InChI=1S/C16H26N4O4S2/c1-13-11-19(8-6-17-13)25(21,22)15-4-3-5-16(10-15)26(23,24)20-9-7-18-14(2)12-20/h3-5,10,13-14,17-18H,6-9,11-12H2,1-2H3/t13-,14-/m1/s1. The van der Waals surface area contributed by atoms with Crippen molar-refractivity contribution >= 4 is 20.0 Å². The van der Waals surface area contributed by atoms with E-state index in [0.717, 1.165) is 0 Å². The maximum atomic E-state index is 12.9. The maximum absolute atomic E-state index is 12.9. The summed E-state index contributed by atoms with van der Waals surface area (Å²) in [5, 5.41) is 6.41. The van der Waals surface area contributed by atoms with Gasteiger partial charge in [0.25, 0.3) is 0 Å². The lowest BCUT2D eigenvalue weighted by Gasteiger charge is -2.32. The number of hydrogen-bond acceptors (Lipinski definition) is 6. The Bertz CT molecular complexity index is 790. The predicted molar refractivity (Wildman–Crippen MR) is 98.9 cm³/mol. The van der Waals surface area contributed by atoms with Gasteiger partial charge in [0.15, 0.2) is 0 Å². The van der Waals surface area contributed by atoms with Crippen LogP contribution in [0.2, 0.25) is 0 Å². The van der Waals surface area contributed by atoms with Crippen molar-refractivity contribution in [2.45, 2.75) is 35.7 Å². The molecule has 0 bridgehead atoms. The van der Waals surface area contributed by atoms with E-state index in [1.165, 1.54) is 32.9 Å². The monoisotopic (exact) mass is 402 g/mol. The molecule has 1 aromatic carbocycles. The van der Waals surface area contributed by atoms with Gasteiger partial charge >= 0.3 is 0 Å². The van der Waals surface area contributed by atoms with Gasteiger partial charge in [0, 0.05) is 51.4 Å². The lowest BCUT2D eigenvalue weighted by molar-refractivity contribution is 0.309. The Morgan fingerprint density at radius 3 is 1.65 bits per heavy atom. The molecule has 0 amide bonds. The molecule has 2 N–H and O–H groups in total. The second kappa shape index (κ2) is 7.53. The minimum Gasteiger partial charge on any atom is -0.312 e. The third kappa shape index (κ3) is 3.95. The predicted octanol–water partition coefficient (Wildman–Crippen LogP) is -0.349. The van der Waals surface area contributed by atoms with Gasteiger partial charge in [0.1, 0.15) is 0 Å². The van der Waals surface area contributed by atoms with Gasteiger partial charge in [-0.15, -0.1) is 0 Å². The Kier molecular flexibility index (Phi) is 5.71. The summed E-state index contributed by atoms with van der Waals surface area (Å²) in [5.41, 5.74) is 0. The topological polar surface area (TPSA) is 98.8 Å². The molecule has 0 aromatic heterocycles. The van der Waals surface area contributed by atoms with Crippen LogP contribution in [0.1, 0.15) is 13.8 Å². The van der Waals surface area contributed by atoms with Crippen LogP contribution in [0.15, 0.2) is 34.1 Å². The summed E-state index contributed by atoms with van der Waals surface area (Å²) >= 11 is 0. The molecule has 0 aliphatic carbocycles. The number of nitrogens with one attached hydrogen (secondary N) is 2. The summed E-state index contributed by atoms with van der Waals surface area (Å²) in [5.74, 6) is 0. The van der Waals surface area contributed by atoms with Gasteiger partial charge < -0.3 is 10.6 Å². The number of benzene rings is 1. The van der Waals surface area contributed by atoms with E-state index >= 15 is 0 Å². The van der Waals surface area contributed by atoms with Crippen LogP contribution in [0.25, 0.3) is 0 Å². The van der Waals surface area contributed by atoms with Crippen LogP contribution < -0.4 is 10.6 Å². The highest BCUT2D eigenvalue weighted by Crippen LogP contribution is 2.23. The molecule has 0 radical (unpaired) electrons. The van der Waals surface area contributed by atoms with E-state index < -0.39 is 20.0 Å². The SMILES string of the molecule is C[C@@H]1CN(S(=O)(=O)c2cccc(S(=O)(=O)N3CCN[C@H](C)C3)c2)CCN1. The normalized spacial score (nSPS) is 26.7. The average Bonchev–Trinajstić information content (AvgIpc) is 2.62. The molecule has 2 aliphatic rings.